The van der Waals surface area contributed by atoms with Crippen molar-refractivity contribution in [2.24, 2.45) is 5.92 Å². The van der Waals surface area contributed by atoms with Crippen molar-refractivity contribution in [2.75, 3.05) is 11.5 Å². The Balaban J connectivity index is 2.90. The van der Waals surface area contributed by atoms with Gasteiger partial charge < -0.3 is 5.73 Å². The number of hydrogen-bond donors (Lipinski definition) is 1. The van der Waals surface area contributed by atoms with Gasteiger partial charge in [0.25, 0.3) is 0 Å². The number of sulfone groups is 1. The maximum Gasteiger partial charge on any atom is 0.178 e. The van der Waals surface area contributed by atoms with Gasteiger partial charge in [-0.1, -0.05) is 33.1 Å². The average Bonchev–Trinajstić information content (AvgIpc) is 2.33. The summed E-state index contributed by atoms with van der Waals surface area (Å²) in [5.74, 6) is -0.429. The lowest BCUT2D eigenvalue weighted by Gasteiger charge is -2.15. The van der Waals surface area contributed by atoms with Crippen LogP contribution in [-0.4, -0.2) is 14.2 Å². The van der Waals surface area contributed by atoms with Crippen molar-refractivity contribution in [3.8, 4) is 0 Å². The van der Waals surface area contributed by atoms with E-state index in [4.69, 9.17) is 5.73 Å². The topological polar surface area (TPSA) is 60.2 Å². The molecule has 0 aromatic heterocycles. The molecule has 0 bridgehead atoms. The summed E-state index contributed by atoms with van der Waals surface area (Å²) in [6.45, 7) is 4.06. The number of hydrogen-bond acceptors (Lipinski definition) is 3. The molecule has 0 radical (unpaired) electrons. The zero-order valence-corrected chi connectivity index (χ0v) is 12.3. The fourth-order valence-corrected chi connectivity index (χ4v) is 3.89. The minimum Gasteiger partial charge on any atom is -0.399 e. The lowest BCUT2D eigenvalue weighted by atomic mass is 10.0. The standard InChI is InChI=1S/C14H22FNO2S/c1-3-5-6-11(4-2)10-19(17,18)14-8-12(15)7-13(16)9-14/h7-9,11H,3-6,10,16H2,1-2H3. The van der Waals surface area contributed by atoms with Gasteiger partial charge in [0.15, 0.2) is 9.84 Å². The summed E-state index contributed by atoms with van der Waals surface area (Å²) in [6.07, 6.45) is 3.75. The average molecular weight is 287 g/mol. The summed E-state index contributed by atoms with van der Waals surface area (Å²) in [6, 6.07) is 3.48. The highest BCUT2D eigenvalue weighted by Gasteiger charge is 2.21. The number of nitrogen functional groups attached to an aromatic ring is 1. The molecule has 0 aliphatic carbocycles. The summed E-state index contributed by atoms with van der Waals surface area (Å²) in [5, 5.41) is 0. The molecule has 19 heavy (non-hydrogen) atoms. The fourth-order valence-electron chi connectivity index (χ4n) is 2.07. The zero-order chi connectivity index (χ0) is 14.5. The summed E-state index contributed by atoms with van der Waals surface area (Å²) >= 11 is 0. The predicted molar refractivity (Wildman–Crippen MR) is 76.2 cm³/mol. The highest BCUT2D eigenvalue weighted by atomic mass is 32.2. The third kappa shape index (κ3) is 4.82. The molecule has 5 heteroatoms. The van der Waals surface area contributed by atoms with E-state index in [9.17, 15) is 12.8 Å². The Hall–Kier alpha value is -1.10. The highest BCUT2D eigenvalue weighted by Crippen LogP contribution is 2.22. The van der Waals surface area contributed by atoms with Crippen LogP contribution >= 0.6 is 0 Å². The summed E-state index contributed by atoms with van der Waals surface area (Å²) in [5.41, 5.74) is 5.63. The van der Waals surface area contributed by atoms with E-state index in [1.54, 1.807) is 0 Å². The van der Waals surface area contributed by atoms with Crippen LogP contribution in [0.25, 0.3) is 0 Å². The van der Waals surface area contributed by atoms with Crippen LogP contribution in [0.1, 0.15) is 39.5 Å². The molecule has 0 saturated heterocycles. The van der Waals surface area contributed by atoms with Crippen LogP contribution in [-0.2, 0) is 9.84 Å². The molecule has 1 atom stereocenters. The quantitative estimate of drug-likeness (QED) is 0.782. The lowest BCUT2D eigenvalue weighted by molar-refractivity contribution is 0.483. The zero-order valence-electron chi connectivity index (χ0n) is 11.5. The number of halogens is 1. The molecule has 0 fully saturated rings. The molecule has 0 aliphatic rings. The smallest absolute Gasteiger partial charge is 0.178 e. The van der Waals surface area contributed by atoms with Crippen LogP contribution in [0.4, 0.5) is 10.1 Å². The van der Waals surface area contributed by atoms with E-state index in [0.29, 0.717) is 0 Å². The Morgan fingerprint density at radius 1 is 1.26 bits per heavy atom. The highest BCUT2D eigenvalue weighted by molar-refractivity contribution is 7.91. The molecule has 2 N–H and O–H groups in total. The third-order valence-electron chi connectivity index (χ3n) is 3.25. The molecule has 0 aliphatic heterocycles. The molecule has 0 saturated carbocycles. The second-order valence-corrected chi connectivity index (χ2v) is 6.95. The normalized spacial score (nSPS) is 13.4. The van der Waals surface area contributed by atoms with Gasteiger partial charge in [-0.25, -0.2) is 12.8 Å². The Morgan fingerprint density at radius 2 is 1.95 bits per heavy atom. The first-order chi connectivity index (χ1) is 8.89. The van der Waals surface area contributed by atoms with E-state index in [0.717, 1.165) is 37.8 Å². The van der Waals surface area contributed by atoms with Crippen LogP contribution in [0.5, 0.6) is 0 Å². The molecule has 1 aromatic rings. The molecular weight excluding hydrogens is 265 g/mol. The number of rotatable bonds is 7. The second-order valence-electron chi connectivity index (χ2n) is 4.92. The number of benzene rings is 1. The summed E-state index contributed by atoms with van der Waals surface area (Å²) in [4.78, 5) is -0.0139. The van der Waals surface area contributed by atoms with E-state index in [1.165, 1.54) is 6.07 Å². The molecule has 1 rings (SSSR count). The van der Waals surface area contributed by atoms with Crippen molar-refractivity contribution in [3.05, 3.63) is 24.0 Å². The van der Waals surface area contributed by atoms with E-state index in [-0.39, 0.29) is 22.3 Å². The predicted octanol–water partition coefficient (Wildman–Crippen LogP) is 3.40. The summed E-state index contributed by atoms with van der Waals surface area (Å²) < 4.78 is 37.7. The monoisotopic (exact) mass is 287 g/mol. The van der Waals surface area contributed by atoms with Gasteiger partial charge in [-0.2, -0.15) is 0 Å². The van der Waals surface area contributed by atoms with Crippen molar-refractivity contribution < 1.29 is 12.8 Å². The SMILES string of the molecule is CCCCC(CC)CS(=O)(=O)c1cc(N)cc(F)c1. The van der Waals surface area contributed by atoms with Crippen molar-refractivity contribution in [3.63, 3.8) is 0 Å². The molecule has 0 heterocycles. The summed E-state index contributed by atoms with van der Waals surface area (Å²) in [7, 11) is -3.47. The van der Waals surface area contributed by atoms with Crippen molar-refractivity contribution in [2.45, 2.75) is 44.4 Å². The lowest BCUT2D eigenvalue weighted by Crippen LogP contribution is -2.16. The Morgan fingerprint density at radius 3 is 2.47 bits per heavy atom. The van der Waals surface area contributed by atoms with Crippen LogP contribution in [0.3, 0.4) is 0 Å². The minimum atomic E-state index is -3.47. The Kier molecular flexibility index (Phi) is 5.79. The van der Waals surface area contributed by atoms with Gasteiger partial charge in [0.05, 0.1) is 10.6 Å². The fraction of sp³-hybridized carbons (Fsp3) is 0.571. The van der Waals surface area contributed by atoms with Gasteiger partial charge >= 0.3 is 0 Å². The van der Waals surface area contributed by atoms with E-state index >= 15 is 0 Å². The van der Waals surface area contributed by atoms with Crippen LogP contribution < -0.4 is 5.73 Å². The first-order valence-corrected chi connectivity index (χ1v) is 8.33. The maximum absolute atomic E-state index is 13.2. The van der Waals surface area contributed by atoms with E-state index in [2.05, 4.69) is 6.92 Å². The number of anilines is 1. The third-order valence-corrected chi connectivity index (χ3v) is 5.12. The van der Waals surface area contributed by atoms with E-state index < -0.39 is 15.7 Å². The molecule has 0 spiro atoms. The van der Waals surface area contributed by atoms with Crippen LogP contribution in [0, 0.1) is 11.7 Å². The van der Waals surface area contributed by atoms with Crippen molar-refractivity contribution in [1.82, 2.24) is 0 Å². The van der Waals surface area contributed by atoms with Crippen molar-refractivity contribution >= 4 is 15.5 Å². The maximum atomic E-state index is 13.2. The Bertz CT molecular complexity index is 494. The first-order valence-electron chi connectivity index (χ1n) is 6.67. The molecule has 1 unspecified atom stereocenters. The molecule has 0 amide bonds. The second kappa shape index (κ2) is 6.89. The minimum absolute atomic E-state index is 0.0139. The largest absolute Gasteiger partial charge is 0.399 e. The van der Waals surface area contributed by atoms with Gasteiger partial charge in [0, 0.05) is 5.69 Å². The molecular formula is C14H22FNO2S. The molecule has 108 valence electrons. The number of unbranched alkanes of at least 4 members (excludes halogenated alkanes) is 1. The van der Waals surface area contributed by atoms with Gasteiger partial charge in [-0.05, 0) is 30.5 Å². The van der Waals surface area contributed by atoms with Gasteiger partial charge in [-0.15, -0.1) is 0 Å². The number of nitrogens with two attached hydrogens (primary N) is 1. The van der Waals surface area contributed by atoms with Crippen molar-refractivity contribution in [1.29, 1.82) is 0 Å². The molecule has 3 nitrogen and oxygen atoms in total. The van der Waals surface area contributed by atoms with E-state index in [1.807, 2.05) is 6.92 Å². The Labute approximate surface area is 114 Å². The first kappa shape index (κ1) is 16.0. The van der Waals surface area contributed by atoms with Gasteiger partial charge in [-0.3, -0.25) is 0 Å². The van der Waals surface area contributed by atoms with Gasteiger partial charge in [0.1, 0.15) is 5.82 Å². The molecule has 1 aromatic carbocycles. The van der Waals surface area contributed by atoms with Crippen LogP contribution in [0.15, 0.2) is 23.1 Å². The van der Waals surface area contributed by atoms with Gasteiger partial charge in [0.2, 0.25) is 0 Å². The van der Waals surface area contributed by atoms with Crippen LogP contribution in [0.2, 0.25) is 0 Å².